The highest BCUT2D eigenvalue weighted by Gasteiger charge is 2.95. The minimum atomic E-state index is -3.84. The van der Waals surface area contributed by atoms with E-state index in [-0.39, 0.29) is 21.6 Å². The summed E-state index contributed by atoms with van der Waals surface area (Å²) < 4.78 is 62.3. The van der Waals surface area contributed by atoms with E-state index in [1.165, 1.54) is 0 Å². The fourth-order valence-electron chi connectivity index (χ4n) is 8.31. The SMILES string of the molecule is O=S(=O)(c1ccccc1)[C@@H]1[C@H](S(=O)(=O)c2ccccc2)[C@@H]2C[C@H]1[C@]13O[C@@]21[C@H]1CC[C@H]3C1. The standard InChI is InChI=1S/C24H24O5S2/c25-30(26,17-7-3-1-4-8-17)21-19-14-20(22(21)31(27,28)18-9-5-2-6-10-18)24-16-12-11-15(13-16)23(19,24)29-24/h1-10,15-16,19-22H,11-14H2/t15-,16-,19-,20+,21+,22-,23-,24-/m0/s1. The molecule has 4 aliphatic carbocycles. The van der Waals surface area contributed by atoms with Crippen LogP contribution in [-0.2, 0) is 24.4 Å². The average molecular weight is 457 g/mol. The van der Waals surface area contributed by atoms with Gasteiger partial charge in [-0.25, -0.2) is 16.8 Å². The van der Waals surface area contributed by atoms with Crippen molar-refractivity contribution in [1.82, 2.24) is 0 Å². The van der Waals surface area contributed by atoms with E-state index in [0.29, 0.717) is 18.3 Å². The number of epoxide rings is 1. The first kappa shape index (κ1) is 18.8. The van der Waals surface area contributed by atoms with Crippen molar-refractivity contribution in [3.05, 3.63) is 60.7 Å². The van der Waals surface area contributed by atoms with E-state index in [1.807, 2.05) is 0 Å². The van der Waals surface area contributed by atoms with Crippen LogP contribution in [0.15, 0.2) is 70.5 Å². The molecule has 0 spiro atoms. The van der Waals surface area contributed by atoms with Crippen molar-refractivity contribution in [3.8, 4) is 0 Å². The summed E-state index contributed by atoms with van der Waals surface area (Å²) in [5.74, 6) is 0.255. The van der Waals surface area contributed by atoms with Crippen molar-refractivity contribution in [2.75, 3.05) is 0 Å². The van der Waals surface area contributed by atoms with Crippen LogP contribution in [0.1, 0.15) is 25.7 Å². The first-order valence-electron chi connectivity index (χ1n) is 11.1. The molecule has 4 bridgehead atoms. The second-order valence-corrected chi connectivity index (χ2v) is 14.2. The van der Waals surface area contributed by atoms with Crippen molar-refractivity contribution in [3.63, 3.8) is 0 Å². The van der Waals surface area contributed by atoms with Crippen LogP contribution in [0.5, 0.6) is 0 Å². The Balaban J connectivity index is 1.43. The molecule has 162 valence electrons. The van der Waals surface area contributed by atoms with Crippen molar-refractivity contribution in [2.24, 2.45) is 23.7 Å². The zero-order chi connectivity index (χ0) is 21.2. The van der Waals surface area contributed by atoms with Gasteiger partial charge in [-0.05, 0) is 61.8 Å². The Kier molecular flexibility index (Phi) is 3.41. The summed E-state index contributed by atoms with van der Waals surface area (Å²) in [6.45, 7) is 0. The lowest BCUT2D eigenvalue weighted by Crippen LogP contribution is -2.55. The quantitative estimate of drug-likeness (QED) is 0.660. The molecule has 8 atom stereocenters. The lowest BCUT2D eigenvalue weighted by Gasteiger charge is -2.38. The smallest absolute Gasteiger partial charge is 0.182 e. The first-order chi connectivity index (χ1) is 14.8. The van der Waals surface area contributed by atoms with Crippen LogP contribution in [0.2, 0.25) is 0 Å². The highest BCUT2D eigenvalue weighted by atomic mass is 32.2. The van der Waals surface area contributed by atoms with Crippen molar-refractivity contribution >= 4 is 19.7 Å². The van der Waals surface area contributed by atoms with Crippen molar-refractivity contribution in [2.45, 2.75) is 57.2 Å². The third-order valence-electron chi connectivity index (χ3n) is 9.14. The molecule has 4 saturated carbocycles. The summed E-state index contributed by atoms with van der Waals surface area (Å²) in [4.78, 5) is 0.429. The lowest BCUT2D eigenvalue weighted by atomic mass is 9.70. The average Bonchev–Trinajstić information content (AvgIpc) is 3.16. The molecule has 0 N–H and O–H groups in total. The van der Waals surface area contributed by atoms with Gasteiger partial charge >= 0.3 is 0 Å². The maximum absolute atomic E-state index is 13.9. The number of rotatable bonds is 4. The Hall–Kier alpha value is -1.70. The molecule has 0 amide bonds. The Labute approximate surface area is 182 Å². The van der Waals surface area contributed by atoms with Gasteiger partial charge in [0, 0.05) is 11.8 Å². The van der Waals surface area contributed by atoms with Crippen LogP contribution in [0.25, 0.3) is 0 Å². The van der Waals surface area contributed by atoms with Crippen LogP contribution in [0.3, 0.4) is 0 Å². The molecule has 2 aromatic carbocycles. The molecule has 0 aromatic heterocycles. The molecule has 1 saturated heterocycles. The van der Waals surface area contributed by atoms with E-state index in [4.69, 9.17) is 4.74 Å². The van der Waals surface area contributed by atoms with Crippen LogP contribution >= 0.6 is 0 Å². The van der Waals surface area contributed by atoms with E-state index in [9.17, 15) is 16.8 Å². The van der Waals surface area contributed by atoms with Gasteiger partial charge in [-0.3, -0.25) is 0 Å². The zero-order valence-electron chi connectivity index (χ0n) is 16.9. The van der Waals surface area contributed by atoms with Crippen LogP contribution in [0.4, 0.5) is 0 Å². The molecule has 5 fully saturated rings. The highest BCUT2D eigenvalue weighted by molar-refractivity contribution is 7.96. The van der Waals surface area contributed by atoms with Gasteiger partial charge in [0.05, 0.1) is 20.3 Å². The predicted octanol–water partition coefficient (Wildman–Crippen LogP) is 3.26. The van der Waals surface area contributed by atoms with Crippen LogP contribution in [-0.4, -0.2) is 38.5 Å². The van der Waals surface area contributed by atoms with Gasteiger partial charge in [-0.1, -0.05) is 36.4 Å². The van der Waals surface area contributed by atoms with Crippen molar-refractivity contribution in [1.29, 1.82) is 0 Å². The monoisotopic (exact) mass is 456 g/mol. The molecule has 0 unspecified atom stereocenters. The summed E-state index contributed by atoms with van der Waals surface area (Å²) in [7, 11) is -7.68. The zero-order valence-corrected chi connectivity index (χ0v) is 18.6. The summed E-state index contributed by atoms with van der Waals surface area (Å²) in [6.07, 6.45) is 3.84. The first-order valence-corrected chi connectivity index (χ1v) is 14.2. The van der Waals surface area contributed by atoms with E-state index in [0.717, 1.165) is 19.3 Å². The van der Waals surface area contributed by atoms with Crippen molar-refractivity contribution < 1.29 is 21.6 Å². The second kappa shape index (κ2) is 5.61. The number of ether oxygens (including phenoxy) is 1. The third-order valence-corrected chi connectivity index (χ3v) is 13.8. The molecule has 0 radical (unpaired) electrons. The summed E-state index contributed by atoms with van der Waals surface area (Å²) in [5, 5.41) is -1.92. The molecule has 7 heteroatoms. The molecule has 7 rings (SSSR count). The molecule has 5 aliphatic rings. The van der Waals surface area contributed by atoms with Gasteiger partial charge < -0.3 is 4.74 Å². The minimum Gasteiger partial charge on any atom is -0.361 e. The topological polar surface area (TPSA) is 80.8 Å². The van der Waals surface area contributed by atoms with Gasteiger partial charge in [0.25, 0.3) is 0 Å². The van der Waals surface area contributed by atoms with Gasteiger partial charge in [-0.2, -0.15) is 0 Å². The molecular weight excluding hydrogens is 432 g/mol. The molecular formula is C24H24O5S2. The van der Waals surface area contributed by atoms with E-state index in [1.54, 1.807) is 60.7 Å². The fraction of sp³-hybridized carbons (Fsp3) is 0.500. The number of sulfone groups is 2. The summed E-state index contributed by atoms with van der Waals surface area (Å²) in [5.41, 5.74) is -0.814. The second-order valence-electron chi connectivity index (χ2n) is 9.99. The largest absolute Gasteiger partial charge is 0.361 e. The minimum absolute atomic E-state index is 0.214. The van der Waals surface area contributed by atoms with E-state index >= 15 is 0 Å². The van der Waals surface area contributed by atoms with E-state index in [2.05, 4.69) is 0 Å². The Morgan fingerprint density at radius 2 is 1.06 bits per heavy atom. The normalized spacial score (nSPS) is 44.3. The van der Waals surface area contributed by atoms with Crippen LogP contribution in [0, 0.1) is 23.7 Å². The maximum atomic E-state index is 13.9. The maximum Gasteiger partial charge on any atom is 0.182 e. The summed E-state index contributed by atoms with van der Waals surface area (Å²) >= 11 is 0. The fourth-order valence-corrected chi connectivity index (χ4v) is 13.5. The number of hydrogen-bond acceptors (Lipinski definition) is 5. The number of fused-ring (bicyclic) bond motifs is 4. The molecule has 31 heavy (non-hydrogen) atoms. The molecule has 1 aliphatic heterocycles. The third kappa shape index (κ3) is 1.95. The predicted molar refractivity (Wildman–Crippen MR) is 114 cm³/mol. The Bertz CT molecular complexity index is 1190. The summed E-state index contributed by atoms with van der Waals surface area (Å²) in [6, 6.07) is 16.7. The highest BCUT2D eigenvalue weighted by Crippen LogP contribution is 2.85. The van der Waals surface area contributed by atoms with Gasteiger partial charge in [-0.15, -0.1) is 0 Å². The van der Waals surface area contributed by atoms with Crippen LogP contribution < -0.4 is 0 Å². The Morgan fingerprint density at radius 1 is 0.645 bits per heavy atom. The number of hydrogen-bond donors (Lipinski definition) is 0. The molecule has 2 aromatic rings. The molecule has 1 heterocycles. The van der Waals surface area contributed by atoms with Gasteiger partial charge in [0.1, 0.15) is 11.2 Å². The van der Waals surface area contributed by atoms with E-state index < -0.39 is 41.4 Å². The van der Waals surface area contributed by atoms with Gasteiger partial charge in [0.15, 0.2) is 19.7 Å². The Morgan fingerprint density at radius 3 is 1.48 bits per heavy atom. The van der Waals surface area contributed by atoms with Gasteiger partial charge in [0.2, 0.25) is 0 Å². The number of benzene rings is 2. The lowest BCUT2D eigenvalue weighted by molar-refractivity contribution is 0.0900. The molecule has 5 nitrogen and oxygen atoms in total.